The van der Waals surface area contributed by atoms with Gasteiger partial charge in [0.25, 0.3) is 0 Å². The monoisotopic (exact) mass is 221 g/mol. The molecule has 0 spiro atoms. The second kappa shape index (κ2) is 4.40. The molecule has 0 unspecified atom stereocenters. The fourth-order valence-corrected chi connectivity index (χ4v) is 1.65. The van der Waals surface area contributed by atoms with Crippen LogP contribution in [-0.2, 0) is 11.3 Å². The minimum absolute atomic E-state index is 0.620. The molecule has 0 atom stereocenters. The number of fused-ring (bicyclic) bond motifs is 1. The van der Waals surface area contributed by atoms with E-state index in [1.54, 1.807) is 20.5 Å². The van der Waals surface area contributed by atoms with Gasteiger partial charge in [0, 0.05) is 19.7 Å². The van der Waals surface area contributed by atoms with Gasteiger partial charge in [0.05, 0.1) is 36.8 Å². The van der Waals surface area contributed by atoms with Crippen LogP contribution in [-0.4, -0.2) is 30.4 Å². The van der Waals surface area contributed by atoms with Crippen molar-refractivity contribution < 1.29 is 9.47 Å². The van der Waals surface area contributed by atoms with Crippen LogP contribution in [0.5, 0.6) is 5.75 Å². The molecule has 2 N–H and O–H groups in total. The van der Waals surface area contributed by atoms with Gasteiger partial charge in [0.1, 0.15) is 5.75 Å². The van der Waals surface area contributed by atoms with E-state index in [0.29, 0.717) is 18.0 Å². The maximum absolute atomic E-state index is 5.86. The van der Waals surface area contributed by atoms with E-state index in [1.807, 2.05) is 16.7 Å². The molecule has 0 radical (unpaired) electrons. The Morgan fingerprint density at radius 3 is 2.88 bits per heavy atom. The molecule has 86 valence electrons. The Morgan fingerprint density at radius 1 is 1.38 bits per heavy atom. The molecule has 0 amide bonds. The molecular formula is C11H15N3O2. The fraction of sp³-hybridized carbons (Fsp3) is 0.364. The molecule has 16 heavy (non-hydrogen) atoms. The Balaban J connectivity index is 2.43. The second-order valence-electron chi connectivity index (χ2n) is 3.51. The lowest BCUT2D eigenvalue weighted by Gasteiger charge is -2.06. The van der Waals surface area contributed by atoms with Gasteiger partial charge in [-0.3, -0.25) is 0 Å². The highest BCUT2D eigenvalue weighted by Crippen LogP contribution is 2.26. The van der Waals surface area contributed by atoms with Gasteiger partial charge in [-0.25, -0.2) is 4.98 Å². The third-order valence-corrected chi connectivity index (χ3v) is 2.51. The predicted molar refractivity (Wildman–Crippen MR) is 62.6 cm³/mol. The summed E-state index contributed by atoms with van der Waals surface area (Å²) in [7, 11) is 3.27. The molecule has 1 heterocycles. The molecule has 2 aromatic rings. The van der Waals surface area contributed by atoms with Gasteiger partial charge in [-0.15, -0.1) is 0 Å². The summed E-state index contributed by atoms with van der Waals surface area (Å²) >= 11 is 0. The number of aromatic nitrogens is 2. The molecule has 1 aromatic carbocycles. The first-order valence-electron chi connectivity index (χ1n) is 5.03. The van der Waals surface area contributed by atoms with Gasteiger partial charge in [-0.1, -0.05) is 0 Å². The molecule has 0 saturated carbocycles. The maximum Gasteiger partial charge on any atom is 0.144 e. The van der Waals surface area contributed by atoms with Gasteiger partial charge in [-0.2, -0.15) is 0 Å². The van der Waals surface area contributed by atoms with E-state index in [1.165, 1.54) is 0 Å². The molecule has 5 heteroatoms. The highest BCUT2D eigenvalue weighted by Gasteiger charge is 2.07. The molecule has 1 aromatic heterocycles. The van der Waals surface area contributed by atoms with E-state index < -0.39 is 0 Å². The molecule has 5 nitrogen and oxygen atoms in total. The summed E-state index contributed by atoms with van der Waals surface area (Å²) in [5.41, 5.74) is 8.35. The lowest BCUT2D eigenvalue weighted by molar-refractivity contribution is 0.188. The standard InChI is InChI=1S/C11H15N3O2/c1-15-4-3-14-7-13-9-6-11(16-2)8(12)5-10(9)14/h5-7H,3-4,12H2,1-2H3. The topological polar surface area (TPSA) is 62.3 Å². The third kappa shape index (κ3) is 1.81. The number of anilines is 1. The third-order valence-electron chi connectivity index (χ3n) is 2.51. The Morgan fingerprint density at radius 2 is 2.19 bits per heavy atom. The van der Waals surface area contributed by atoms with Crippen LogP contribution in [0.3, 0.4) is 0 Å². The number of nitrogen functional groups attached to an aromatic ring is 1. The summed E-state index contributed by atoms with van der Waals surface area (Å²) in [6.45, 7) is 1.41. The van der Waals surface area contributed by atoms with Crippen LogP contribution in [0.1, 0.15) is 0 Å². The van der Waals surface area contributed by atoms with Gasteiger partial charge in [0.15, 0.2) is 0 Å². The number of nitrogens with zero attached hydrogens (tertiary/aromatic N) is 2. The molecule has 0 aliphatic heterocycles. The van der Waals surface area contributed by atoms with Crippen molar-refractivity contribution in [1.29, 1.82) is 0 Å². The average Bonchev–Trinajstić information content (AvgIpc) is 2.67. The van der Waals surface area contributed by atoms with Crippen LogP contribution >= 0.6 is 0 Å². The van der Waals surface area contributed by atoms with Crippen molar-refractivity contribution in [2.24, 2.45) is 0 Å². The smallest absolute Gasteiger partial charge is 0.144 e. The van der Waals surface area contributed by atoms with E-state index in [9.17, 15) is 0 Å². The minimum atomic E-state index is 0.620. The number of imidazole rings is 1. The number of hydrogen-bond donors (Lipinski definition) is 1. The van der Waals surface area contributed by atoms with E-state index in [4.69, 9.17) is 15.2 Å². The van der Waals surface area contributed by atoms with Crippen LogP contribution < -0.4 is 10.5 Å². The molecule has 0 saturated heterocycles. The van der Waals surface area contributed by atoms with E-state index in [0.717, 1.165) is 17.6 Å². The number of hydrogen-bond acceptors (Lipinski definition) is 4. The number of nitrogens with two attached hydrogens (primary N) is 1. The van der Waals surface area contributed by atoms with Gasteiger partial charge < -0.3 is 19.8 Å². The van der Waals surface area contributed by atoms with E-state index in [2.05, 4.69) is 4.98 Å². The van der Waals surface area contributed by atoms with Crippen LogP contribution in [0.2, 0.25) is 0 Å². The summed E-state index contributed by atoms with van der Waals surface area (Å²) < 4.78 is 12.2. The highest BCUT2D eigenvalue weighted by atomic mass is 16.5. The normalized spacial score (nSPS) is 10.9. The SMILES string of the molecule is COCCn1cnc2cc(OC)c(N)cc21. The van der Waals surface area contributed by atoms with Crippen LogP contribution in [0.25, 0.3) is 11.0 Å². The lowest BCUT2D eigenvalue weighted by atomic mass is 10.2. The first-order valence-corrected chi connectivity index (χ1v) is 5.03. The highest BCUT2D eigenvalue weighted by molar-refractivity contribution is 5.82. The summed E-state index contributed by atoms with van der Waals surface area (Å²) in [6, 6.07) is 3.71. The molecule has 0 bridgehead atoms. The van der Waals surface area contributed by atoms with Crippen LogP contribution in [0.4, 0.5) is 5.69 Å². The predicted octanol–water partition coefficient (Wildman–Crippen LogP) is 1.27. The first-order chi connectivity index (χ1) is 7.76. The molecule has 0 fully saturated rings. The van der Waals surface area contributed by atoms with Crippen LogP contribution in [0.15, 0.2) is 18.5 Å². The zero-order chi connectivity index (χ0) is 11.5. The number of benzene rings is 1. The summed E-state index contributed by atoms with van der Waals surface area (Å²) in [5, 5.41) is 0. The quantitative estimate of drug-likeness (QED) is 0.790. The Bertz CT molecular complexity index is 493. The van der Waals surface area contributed by atoms with Crippen LogP contribution in [0, 0.1) is 0 Å². The second-order valence-corrected chi connectivity index (χ2v) is 3.51. The number of methoxy groups -OCH3 is 2. The van der Waals surface area contributed by atoms with Gasteiger partial charge in [0.2, 0.25) is 0 Å². The van der Waals surface area contributed by atoms with Crippen molar-refractivity contribution in [3.05, 3.63) is 18.5 Å². The van der Waals surface area contributed by atoms with Crippen molar-refractivity contribution in [3.63, 3.8) is 0 Å². The Hall–Kier alpha value is -1.75. The summed E-state index contributed by atoms with van der Waals surface area (Å²) in [5.74, 6) is 0.657. The average molecular weight is 221 g/mol. The lowest BCUT2D eigenvalue weighted by Crippen LogP contribution is -2.03. The van der Waals surface area contributed by atoms with Crippen molar-refractivity contribution in [1.82, 2.24) is 9.55 Å². The summed E-state index contributed by atoms with van der Waals surface area (Å²) in [6.07, 6.45) is 1.78. The van der Waals surface area contributed by atoms with Crippen molar-refractivity contribution >= 4 is 16.7 Å². The number of rotatable bonds is 4. The zero-order valence-electron chi connectivity index (χ0n) is 9.43. The number of ether oxygens (including phenoxy) is 2. The molecule has 0 aliphatic rings. The van der Waals surface area contributed by atoms with Crippen molar-refractivity contribution in [2.45, 2.75) is 6.54 Å². The first kappa shape index (κ1) is 10.8. The molecule has 0 aliphatic carbocycles. The van der Waals surface area contributed by atoms with Gasteiger partial charge >= 0.3 is 0 Å². The molecule has 2 rings (SSSR count). The Kier molecular flexibility index (Phi) is 2.96. The van der Waals surface area contributed by atoms with Crippen molar-refractivity contribution in [3.8, 4) is 5.75 Å². The Labute approximate surface area is 93.8 Å². The summed E-state index contributed by atoms with van der Waals surface area (Å²) in [4.78, 5) is 4.29. The molecular weight excluding hydrogens is 206 g/mol. The maximum atomic E-state index is 5.86. The fourth-order valence-electron chi connectivity index (χ4n) is 1.65. The zero-order valence-corrected chi connectivity index (χ0v) is 9.43. The van der Waals surface area contributed by atoms with E-state index in [-0.39, 0.29) is 0 Å². The minimum Gasteiger partial charge on any atom is -0.495 e. The largest absolute Gasteiger partial charge is 0.495 e. The van der Waals surface area contributed by atoms with Gasteiger partial charge in [-0.05, 0) is 6.07 Å². The van der Waals surface area contributed by atoms with E-state index >= 15 is 0 Å². The van der Waals surface area contributed by atoms with Crippen molar-refractivity contribution in [2.75, 3.05) is 26.6 Å².